The summed E-state index contributed by atoms with van der Waals surface area (Å²) in [6, 6.07) is 0. The Morgan fingerprint density at radius 1 is 0.929 bits per heavy atom. The van der Waals surface area contributed by atoms with Gasteiger partial charge in [0.1, 0.15) is 0 Å². The fraction of sp³-hybridized carbons (Fsp3) is 0.857. The molecule has 1 unspecified atom stereocenters. The molecule has 82 valence electrons. The summed E-state index contributed by atoms with van der Waals surface area (Å²) in [6.07, 6.45) is 10.2. The molecule has 0 heterocycles. The van der Waals surface area contributed by atoms with E-state index in [-0.39, 0.29) is 0 Å². The first kappa shape index (κ1) is 13.6. The van der Waals surface area contributed by atoms with Crippen LogP contribution < -0.4 is 0 Å². The van der Waals surface area contributed by atoms with Crippen LogP contribution in [0.1, 0.15) is 72.1 Å². The van der Waals surface area contributed by atoms with Crippen molar-refractivity contribution in [1.29, 1.82) is 0 Å². The molecule has 0 nitrogen and oxygen atoms in total. The van der Waals surface area contributed by atoms with Gasteiger partial charge in [-0.15, -0.1) is 11.8 Å². The van der Waals surface area contributed by atoms with Gasteiger partial charge in [0, 0.05) is 12.8 Å². The second-order valence-electron chi connectivity index (χ2n) is 4.26. The smallest absolute Gasteiger partial charge is 0.0114 e. The third kappa shape index (κ3) is 9.65. The molecule has 0 fully saturated rings. The molecule has 0 aliphatic heterocycles. The standard InChI is InChI=1S/C14H26/c1-4-6-8-9-11-13-14(3)12-10-7-5-2/h14H,4-8,10,12-13H2,1-3H3. The lowest BCUT2D eigenvalue weighted by Crippen LogP contribution is -1.92. The summed E-state index contributed by atoms with van der Waals surface area (Å²) < 4.78 is 0. The van der Waals surface area contributed by atoms with E-state index < -0.39 is 0 Å². The van der Waals surface area contributed by atoms with Gasteiger partial charge in [-0.05, 0) is 18.8 Å². The highest BCUT2D eigenvalue weighted by atomic mass is 14.0. The highest BCUT2D eigenvalue weighted by Crippen LogP contribution is 2.11. The highest BCUT2D eigenvalue weighted by Gasteiger charge is 1.98. The Morgan fingerprint density at radius 2 is 1.64 bits per heavy atom. The zero-order chi connectivity index (χ0) is 10.6. The van der Waals surface area contributed by atoms with Crippen molar-refractivity contribution in [3.05, 3.63) is 0 Å². The Balaban J connectivity index is 3.31. The summed E-state index contributed by atoms with van der Waals surface area (Å²) in [7, 11) is 0. The van der Waals surface area contributed by atoms with Crippen molar-refractivity contribution in [2.24, 2.45) is 5.92 Å². The van der Waals surface area contributed by atoms with Crippen LogP contribution >= 0.6 is 0 Å². The van der Waals surface area contributed by atoms with Gasteiger partial charge < -0.3 is 0 Å². The summed E-state index contributed by atoms with van der Waals surface area (Å²) in [4.78, 5) is 0. The Morgan fingerprint density at radius 3 is 2.29 bits per heavy atom. The molecule has 0 aromatic carbocycles. The van der Waals surface area contributed by atoms with E-state index in [9.17, 15) is 0 Å². The Kier molecular flexibility index (Phi) is 10.3. The van der Waals surface area contributed by atoms with Crippen molar-refractivity contribution in [2.75, 3.05) is 0 Å². The topological polar surface area (TPSA) is 0 Å². The molecule has 0 aromatic rings. The molecule has 0 spiro atoms. The Hall–Kier alpha value is -0.440. The van der Waals surface area contributed by atoms with Crippen LogP contribution in [0.4, 0.5) is 0 Å². The first-order valence-corrected chi connectivity index (χ1v) is 6.27. The quantitative estimate of drug-likeness (QED) is 0.404. The van der Waals surface area contributed by atoms with Crippen molar-refractivity contribution in [1.82, 2.24) is 0 Å². The number of unbranched alkanes of at least 4 members (excludes halogenated alkanes) is 4. The van der Waals surface area contributed by atoms with Crippen LogP contribution in [0, 0.1) is 17.8 Å². The SMILES string of the molecule is CCCCC#CCC(C)CCCCC. The van der Waals surface area contributed by atoms with Crippen molar-refractivity contribution in [3.8, 4) is 11.8 Å². The molecule has 0 saturated carbocycles. The van der Waals surface area contributed by atoms with Crippen molar-refractivity contribution in [3.63, 3.8) is 0 Å². The minimum absolute atomic E-state index is 0.802. The maximum atomic E-state index is 3.30. The van der Waals surface area contributed by atoms with E-state index >= 15 is 0 Å². The Bertz CT molecular complexity index is 159. The summed E-state index contributed by atoms with van der Waals surface area (Å²) >= 11 is 0. The fourth-order valence-electron chi connectivity index (χ4n) is 1.44. The predicted molar refractivity (Wildman–Crippen MR) is 65.2 cm³/mol. The van der Waals surface area contributed by atoms with Gasteiger partial charge in [0.15, 0.2) is 0 Å². The lowest BCUT2D eigenvalue weighted by atomic mass is 10.0. The van der Waals surface area contributed by atoms with Crippen LogP contribution in [0.2, 0.25) is 0 Å². The zero-order valence-electron chi connectivity index (χ0n) is 10.2. The van der Waals surface area contributed by atoms with E-state index in [2.05, 4.69) is 32.6 Å². The molecule has 0 radical (unpaired) electrons. The van der Waals surface area contributed by atoms with E-state index in [0.717, 1.165) is 18.8 Å². The van der Waals surface area contributed by atoms with Gasteiger partial charge in [0.2, 0.25) is 0 Å². The van der Waals surface area contributed by atoms with Crippen LogP contribution in [0.5, 0.6) is 0 Å². The van der Waals surface area contributed by atoms with Gasteiger partial charge in [0.05, 0.1) is 0 Å². The van der Waals surface area contributed by atoms with E-state index in [1.54, 1.807) is 0 Å². The van der Waals surface area contributed by atoms with Gasteiger partial charge in [-0.1, -0.05) is 46.5 Å². The van der Waals surface area contributed by atoms with E-state index in [4.69, 9.17) is 0 Å². The fourth-order valence-corrected chi connectivity index (χ4v) is 1.44. The van der Waals surface area contributed by atoms with Gasteiger partial charge >= 0.3 is 0 Å². The average molecular weight is 194 g/mol. The third-order valence-corrected chi connectivity index (χ3v) is 2.53. The predicted octanol–water partition coefficient (Wildman–Crippen LogP) is 4.79. The summed E-state index contributed by atoms with van der Waals surface area (Å²) in [5.74, 6) is 7.36. The second kappa shape index (κ2) is 10.6. The molecular weight excluding hydrogens is 168 g/mol. The van der Waals surface area contributed by atoms with Crippen LogP contribution in [0.15, 0.2) is 0 Å². The van der Waals surface area contributed by atoms with Gasteiger partial charge in [-0.3, -0.25) is 0 Å². The highest BCUT2D eigenvalue weighted by molar-refractivity contribution is 4.99. The lowest BCUT2D eigenvalue weighted by molar-refractivity contribution is 0.506. The van der Waals surface area contributed by atoms with Gasteiger partial charge in [-0.2, -0.15) is 0 Å². The molecule has 1 atom stereocenters. The normalized spacial score (nSPS) is 11.9. The van der Waals surface area contributed by atoms with Crippen LogP contribution in [0.25, 0.3) is 0 Å². The minimum Gasteiger partial charge on any atom is -0.103 e. The molecule has 0 aliphatic carbocycles. The number of hydrogen-bond acceptors (Lipinski definition) is 0. The second-order valence-corrected chi connectivity index (χ2v) is 4.26. The lowest BCUT2D eigenvalue weighted by Gasteiger charge is -2.05. The molecule has 0 aromatic heterocycles. The maximum Gasteiger partial charge on any atom is 0.0114 e. The largest absolute Gasteiger partial charge is 0.103 e. The van der Waals surface area contributed by atoms with Crippen molar-refractivity contribution < 1.29 is 0 Å². The minimum atomic E-state index is 0.802. The first-order valence-electron chi connectivity index (χ1n) is 6.27. The summed E-state index contributed by atoms with van der Waals surface area (Å²) in [5, 5.41) is 0. The average Bonchev–Trinajstić information content (AvgIpc) is 2.18. The van der Waals surface area contributed by atoms with E-state index in [1.807, 2.05) is 0 Å². The van der Waals surface area contributed by atoms with Crippen molar-refractivity contribution in [2.45, 2.75) is 72.1 Å². The zero-order valence-corrected chi connectivity index (χ0v) is 10.2. The number of hydrogen-bond donors (Lipinski definition) is 0. The molecular formula is C14H26. The molecule has 0 saturated heterocycles. The van der Waals surface area contributed by atoms with Gasteiger partial charge in [-0.25, -0.2) is 0 Å². The molecule has 14 heavy (non-hydrogen) atoms. The molecule has 0 N–H and O–H groups in total. The van der Waals surface area contributed by atoms with Crippen LogP contribution in [-0.4, -0.2) is 0 Å². The molecule has 0 bridgehead atoms. The van der Waals surface area contributed by atoms with E-state index in [0.29, 0.717) is 0 Å². The van der Waals surface area contributed by atoms with Crippen molar-refractivity contribution >= 4 is 0 Å². The maximum absolute atomic E-state index is 3.30. The van der Waals surface area contributed by atoms with Crippen LogP contribution in [-0.2, 0) is 0 Å². The Labute approximate surface area is 90.5 Å². The third-order valence-electron chi connectivity index (χ3n) is 2.53. The van der Waals surface area contributed by atoms with Gasteiger partial charge in [0.25, 0.3) is 0 Å². The number of rotatable bonds is 7. The van der Waals surface area contributed by atoms with E-state index in [1.165, 1.54) is 38.5 Å². The van der Waals surface area contributed by atoms with Crippen LogP contribution in [0.3, 0.4) is 0 Å². The molecule has 0 amide bonds. The first-order chi connectivity index (χ1) is 6.81. The summed E-state index contributed by atoms with van der Waals surface area (Å²) in [6.45, 7) is 6.80. The molecule has 0 rings (SSSR count). The monoisotopic (exact) mass is 194 g/mol. The molecule has 0 heteroatoms. The molecule has 0 aliphatic rings. The summed E-state index contributed by atoms with van der Waals surface area (Å²) in [5.41, 5.74) is 0.